The third kappa shape index (κ3) is 3.39. The number of halogens is 1. The molecule has 0 aliphatic heterocycles. The smallest absolute Gasteiger partial charge is 0.297 e. The van der Waals surface area contributed by atoms with E-state index in [4.69, 9.17) is 0 Å². The largest absolute Gasteiger partial charge is 0.378 e. The van der Waals surface area contributed by atoms with Crippen molar-refractivity contribution in [3.8, 4) is 5.75 Å². The van der Waals surface area contributed by atoms with Crippen molar-refractivity contribution >= 4 is 11.8 Å². The van der Waals surface area contributed by atoms with Crippen molar-refractivity contribution in [2.75, 3.05) is 19.0 Å². The van der Waals surface area contributed by atoms with Gasteiger partial charge < -0.3 is 4.90 Å². The molecule has 0 fully saturated rings. The Kier molecular flexibility index (Phi) is 3.77. The zero-order valence-electron chi connectivity index (χ0n) is 8.97. The van der Waals surface area contributed by atoms with Crippen LogP contribution in [0.2, 0.25) is 0 Å². The standard InChI is InChI=1S/C10H12ClNO4/c1-4-8-5-6-9(12(2)3)7-10(8)16-11(13,14)15/h4-7H,1H2,2-3H3. The SMILES string of the molecule is C=Cc1ccc(N(C)C)cc1O[Cl+3]([O-])([O-])[O-]. The average molecular weight is 246 g/mol. The lowest BCUT2D eigenvalue weighted by Crippen LogP contribution is -2.63. The predicted octanol–water partition coefficient (Wildman–Crippen LogP) is -1.33. The topological polar surface area (TPSA) is 81.7 Å². The first-order valence-corrected chi connectivity index (χ1v) is 5.61. The molecule has 0 bridgehead atoms. The highest BCUT2D eigenvalue weighted by Gasteiger charge is 2.22. The average Bonchev–Trinajstić information content (AvgIpc) is 2.15. The molecule has 1 aromatic rings. The molecule has 16 heavy (non-hydrogen) atoms. The van der Waals surface area contributed by atoms with Gasteiger partial charge in [0.1, 0.15) is 10.2 Å². The lowest BCUT2D eigenvalue weighted by atomic mass is 10.2. The molecule has 1 aromatic carbocycles. The molecule has 0 aliphatic carbocycles. The molecule has 0 saturated heterocycles. The van der Waals surface area contributed by atoms with Crippen LogP contribution >= 0.6 is 0 Å². The summed E-state index contributed by atoms with van der Waals surface area (Å²) in [7, 11) is -0.917. The monoisotopic (exact) mass is 245 g/mol. The molecule has 0 radical (unpaired) electrons. The fourth-order valence-corrected chi connectivity index (χ4v) is 1.48. The number of nitrogens with zero attached hydrogens (tertiary/aromatic N) is 1. The van der Waals surface area contributed by atoms with Crippen LogP contribution in [0.25, 0.3) is 6.08 Å². The maximum Gasteiger partial charge on any atom is 0.297 e. The van der Waals surface area contributed by atoms with Crippen LogP contribution in [0.3, 0.4) is 0 Å². The van der Waals surface area contributed by atoms with Gasteiger partial charge in [-0.3, -0.25) is 0 Å². The van der Waals surface area contributed by atoms with Crippen LogP contribution in [0, 0.1) is 10.2 Å². The molecule has 6 heteroatoms. The summed E-state index contributed by atoms with van der Waals surface area (Å²) in [6, 6.07) is 4.84. The molecule has 0 atom stereocenters. The van der Waals surface area contributed by atoms with Crippen LogP contribution in [0.5, 0.6) is 5.75 Å². The fraction of sp³-hybridized carbons (Fsp3) is 0.200. The molecule has 0 N–H and O–H groups in total. The van der Waals surface area contributed by atoms with E-state index < -0.39 is 10.2 Å². The third-order valence-corrected chi connectivity index (χ3v) is 2.27. The summed E-state index contributed by atoms with van der Waals surface area (Å²) in [5.41, 5.74) is 1.16. The first-order chi connectivity index (χ1) is 7.33. The van der Waals surface area contributed by atoms with E-state index in [0.29, 0.717) is 5.56 Å². The summed E-state index contributed by atoms with van der Waals surface area (Å²) in [5, 5.41) is 0. The Balaban J connectivity index is 3.12. The second-order valence-corrected chi connectivity index (χ2v) is 4.19. The maximum absolute atomic E-state index is 10.5. The van der Waals surface area contributed by atoms with Gasteiger partial charge in [-0.1, -0.05) is 16.9 Å². The van der Waals surface area contributed by atoms with E-state index >= 15 is 0 Å². The summed E-state index contributed by atoms with van der Waals surface area (Å²) in [4.78, 5) is 1.76. The predicted molar refractivity (Wildman–Crippen MR) is 51.5 cm³/mol. The van der Waals surface area contributed by atoms with Gasteiger partial charge in [0.15, 0.2) is 0 Å². The molecule has 88 valence electrons. The van der Waals surface area contributed by atoms with Crippen molar-refractivity contribution in [1.82, 2.24) is 0 Å². The van der Waals surface area contributed by atoms with E-state index in [1.54, 1.807) is 31.1 Å². The van der Waals surface area contributed by atoms with E-state index in [0.717, 1.165) is 5.69 Å². The second kappa shape index (κ2) is 4.71. The Morgan fingerprint density at radius 2 is 1.94 bits per heavy atom. The Labute approximate surface area is 95.9 Å². The van der Waals surface area contributed by atoms with Crippen LogP contribution in [-0.4, -0.2) is 14.1 Å². The highest BCUT2D eigenvalue weighted by molar-refractivity contribution is 5.62. The van der Waals surface area contributed by atoms with Gasteiger partial charge in [0.25, 0.3) is 5.75 Å². The molecule has 0 unspecified atom stereocenters. The molecular formula is C10H12ClNO4. The molecule has 0 aromatic heterocycles. The van der Waals surface area contributed by atoms with Gasteiger partial charge in [0.2, 0.25) is 0 Å². The number of hydrogen-bond donors (Lipinski definition) is 0. The highest BCUT2D eigenvalue weighted by atomic mass is 35.7. The van der Waals surface area contributed by atoms with Gasteiger partial charge in [-0.25, -0.2) is 0 Å². The normalized spacial score (nSPS) is 11.1. The van der Waals surface area contributed by atoms with Crippen molar-refractivity contribution in [1.29, 1.82) is 0 Å². The van der Waals surface area contributed by atoms with Gasteiger partial charge in [-0.2, -0.15) is 14.0 Å². The molecule has 0 heterocycles. The Morgan fingerprint density at radius 3 is 2.38 bits per heavy atom. The quantitative estimate of drug-likeness (QED) is 0.657. The van der Waals surface area contributed by atoms with Crippen LogP contribution < -0.4 is 23.2 Å². The van der Waals surface area contributed by atoms with E-state index in [-0.39, 0.29) is 5.75 Å². The van der Waals surface area contributed by atoms with Crippen molar-refractivity contribution < 1.29 is 28.5 Å². The van der Waals surface area contributed by atoms with Crippen molar-refractivity contribution in [2.24, 2.45) is 0 Å². The molecule has 5 nitrogen and oxygen atoms in total. The van der Waals surface area contributed by atoms with Gasteiger partial charge in [-0.15, -0.1) is 0 Å². The van der Waals surface area contributed by atoms with Crippen molar-refractivity contribution in [3.63, 3.8) is 0 Å². The first kappa shape index (κ1) is 12.8. The molecule has 0 amide bonds. The lowest BCUT2D eigenvalue weighted by Gasteiger charge is -2.16. The number of benzene rings is 1. The second-order valence-electron chi connectivity index (χ2n) is 3.28. The summed E-state index contributed by atoms with van der Waals surface area (Å²) in [6.45, 7) is 3.50. The minimum absolute atomic E-state index is 0.0298. The van der Waals surface area contributed by atoms with Gasteiger partial charge in [0, 0.05) is 31.4 Å². The minimum atomic E-state index is -4.49. The Morgan fingerprint density at radius 1 is 1.31 bits per heavy atom. The lowest BCUT2D eigenvalue weighted by molar-refractivity contribution is -1.91. The van der Waals surface area contributed by atoms with Crippen LogP contribution in [0.4, 0.5) is 5.69 Å². The zero-order chi connectivity index (χ0) is 12.3. The maximum atomic E-state index is 10.5. The first-order valence-electron chi connectivity index (χ1n) is 4.37. The molecule has 1 rings (SSSR count). The van der Waals surface area contributed by atoms with Gasteiger partial charge in [-0.05, 0) is 12.1 Å². The Bertz CT molecular complexity index is 387. The zero-order valence-corrected chi connectivity index (χ0v) is 9.73. The Hall–Kier alpha value is -1.27. The summed E-state index contributed by atoms with van der Waals surface area (Å²) >= 11 is 0. The number of anilines is 1. The van der Waals surface area contributed by atoms with Crippen molar-refractivity contribution in [2.45, 2.75) is 0 Å². The molecule has 0 aliphatic rings. The molecule has 0 saturated carbocycles. The number of rotatable bonds is 4. The van der Waals surface area contributed by atoms with Crippen LogP contribution in [0.15, 0.2) is 24.8 Å². The van der Waals surface area contributed by atoms with E-state index in [2.05, 4.69) is 10.9 Å². The minimum Gasteiger partial charge on any atom is -0.378 e. The summed E-state index contributed by atoms with van der Waals surface area (Å²) in [5.74, 6) is -0.0298. The highest BCUT2D eigenvalue weighted by Crippen LogP contribution is 2.26. The fourth-order valence-electron chi connectivity index (χ4n) is 1.14. The van der Waals surface area contributed by atoms with Crippen LogP contribution in [0.1, 0.15) is 5.56 Å². The molecular weight excluding hydrogens is 234 g/mol. The molecule has 0 spiro atoms. The van der Waals surface area contributed by atoms with Crippen LogP contribution in [-0.2, 0) is 0 Å². The summed E-state index contributed by atoms with van der Waals surface area (Å²) < 4.78 is 35.8. The van der Waals surface area contributed by atoms with Crippen molar-refractivity contribution in [3.05, 3.63) is 30.3 Å². The van der Waals surface area contributed by atoms with Gasteiger partial charge in [0.05, 0.1) is 0 Å². The number of hydrogen-bond acceptors (Lipinski definition) is 5. The van der Waals surface area contributed by atoms with E-state index in [1.807, 2.05) is 0 Å². The summed E-state index contributed by atoms with van der Waals surface area (Å²) in [6.07, 6.45) is 1.41. The van der Waals surface area contributed by atoms with E-state index in [1.165, 1.54) is 12.1 Å². The van der Waals surface area contributed by atoms with E-state index in [9.17, 15) is 14.0 Å². The third-order valence-electron chi connectivity index (χ3n) is 1.91. The van der Waals surface area contributed by atoms with Gasteiger partial charge >= 0.3 is 0 Å².